The van der Waals surface area contributed by atoms with Gasteiger partial charge in [0.05, 0.1) is 22.1 Å². The first-order valence-corrected chi connectivity index (χ1v) is 22.0. The van der Waals surface area contributed by atoms with E-state index in [2.05, 4.69) is 21.8 Å². The number of benzene rings is 2. The molecule has 5 aliphatic rings. The Bertz CT molecular complexity index is 1720. The number of fused-ring (bicyclic) bond motifs is 4. The molecule has 1 amide bonds. The van der Waals surface area contributed by atoms with Gasteiger partial charge in [-0.15, -0.1) is 23.5 Å². The van der Waals surface area contributed by atoms with Crippen LogP contribution in [0.2, 0.25) is 5.02 Å². The van der Waals surface area contributed by atoms with Crippen molar-refractivity contribution in [2.45, 2.75) is 79.1 Å². The van der Waals surface area contributed by atoms with Crippen LogP contribution >= 0.6 is 35.1 Å². The number of thioether (sulfide) groups is 2. The molecule has 8 nitrogen and oxygen atoms in total. The molecule has 0 aromatic heterocycles. The largest absolute Gasteiger partial charge is 0.490 e. The van der Waals surface area contributed by atoms with E-state index in [4.69, 9.17) is 21.1 Å². The van der Waals surface area contributed by atoms with Crippen LogP contribution in [0.3, 0.4) is 0 Å². The number of nitrogens with one attached hydrogen (secondary N) is 1. The van der Waals surface area contributed by atoms with E-state index in [-0.39, 0.29) is 46.3 Å². The third kappa shape index (κ3) is 7.08. The molecular formula is C38H49ClN2O6S3. The van der Waals surface area contributed by atoms with Crippen molar-refractivity contribution in [1.29, 1.82) is 0 Å². The minimum Gasteiger partial charge on any atom is -0.490 e. The van der Waals surface area contributed by atoms with Gasteiger partial charge >= 0.3 is 0 Å². The van der Waals surface area contributed by atoms with Crippen molar-refractivity contribution in [2.24, 2.45) is 17.8 Å². The number of nitrogens with zero attached hydrogens (tertiary/aromatic N) is 1. The summed E-state index contributed by atoms with van der Waals surface area (Å²) in [6.07, 6.45) is 10.7. The maximum absolute atomic E-state index is 13.9. The van der Waals surface area contributed by atoms with Crippen molar-refractivity contribution in [3.05, 3.63) is 70.3 Å². The fourth-order valence-corrected chi connectivity index (χ4v) is 14.0. The van der Waals surface area contributed by atoms with Crippen LogP contribution in [0.1, 0.15) is 73.4 Å². The molecule has 6 atom stereocenters. The lowest BCUT2D eigenvalue weighted by molar-refractivity contribution is -0.0333. The number of ether oxygens (including phenoxy) is 2. The van der Waals surface area contributed by atoms with Gasteiger partial charge in [0.1, 0.15) is 11.4 Å². The van der Waals surface area contributed by atoms with Crippen LogP contribution in [0.4, 0.5) is 5.69 Å². The lowest BCUT2D eigenvalue weighted by atomic mass is 9.64. The molecule has 2 bridgehead atoms. The predicted molar refractivity (Wildman–Crippen MR) is 204 cm³/mol. The number of rotatable bonds is 4. The molecule has 50 heavy (non-hydrogen) atoms. The molecule has 3 aliphatic heterocycles. The zero-order valence-corrected chi connectivity index (χ0v) is 32.1. The number of hydrogen-bond acceptors (Lipinski definition) is 9. The average Bonchev–Trinajstić information content (AvgIpc) is 3.23. The van der Waals surface area contributed by atoms with Gasteiger partial charge in [0.2, 0.25) is 10.0 Å². The van der Waals surface area contributed by atoms with Gasteiger partial charge < -0.3 is 19.5 Å². The zero-order valence-electron chi connectivity index (χ0n) is 28.9. The van der Waals surface area contributed by atoms with E-state index in [0.717, 1.165) is 60.7 Å². The highest BCUT2D eigenvalue weighted by Gasteiger charge is 2.52. The molecule has 1 spiro atoms. The summed E-state index contributed by atoms with van der Waals surface area (Å²) < 4.78 is 42.1. The molecule has 2 aliphatic carbocycles. The van der Waals surface area contributed by atoms with Crippen LogP contribution in [0.15, 0.2) is 48.6 Å². The second kappa shape index (κ2) is 14.9. The molecule has 0 unspecified atom stereocenters. The number of amides is 1. The van der Waals surface area contributed by atoms with E-state index in [9.17, 15) is 18.3 Å². The maximum Gasteiger partial charge on any atom is 0.264 e. The minimum absolute atomic E-state index is 0.00877. The van der Waals surface area contributed by atoms with Crippen LogP contribution in [0.25, 0.3) is 0 Å². The van der Waals surface area contributed by atoms with Crippen molar-refractivity contribution in [2.75, 3.05) is 49.8 Å². The van der Waals surface area contributed by atoms with E-state index in [1.165, 1.54) is 11.1 Å². The monoisotopic (exact) mass is 760 g/mol. The SMILES string of the molecule is COCC[C@@H]1[C@@H](C)C/C=C\[C@@](O)(C2SCCCS2)[C@@H]2CC[C@H]2CN2C[C@@]3(CCCc4cc(Cl)ccc43)COc3ccc(cc32)C(=O)NS1(=O)=O. The molecule has 1 saturated heterocycles. The highest BCUT2D eigenvalue weighted by molar-refractivity contribution is 8.17. The highest BCUT2D eigenvalue weighted by Crippen LogP contribution is 2.53. The Hall–Kier alpha value is -1.89. The summed E-state index contributed by atoms with van der Waals surface area (Å²) in [6.45, 7) is 4.01. The first-order chi connectivity index (χ1) is 24.0. The Balaban J connectivity index is 1.32. The summed E-state index contributed by atoms with van der Waals surface area (Å²) in [5, 5.41) is 12.6. The van der Waals surface area contributed by atoms with Gasteiger partial charge in [-0.1, -0.05) is 36.7 Å². The fraction of sp³-hybridized carbons (Fsp3) is 0.605. The predicted octanol–water partition coefficient (Wildman–Crippen LogP) is 6.83. The number of hydrogen-bond donors (Lipinski definition) is 2. The number of anilines is 1. The molecular weight excluding hydrogens is 712 g/mol. The molecule has 12 heteroatoms. The van der Waals surface area contributed by atoms with E-state index in [1.54, 1.807) is 19.2 Å². The van der Waals surface area contributed by atoms with Crippen LogP contribution in [0, 0.1) is 17.8 Å². The zero-order chi connectivity index (χ0) is 35.1. The van der Waals surface area contributed by atoms with Crippen molar-refractivity contribution >= 4 is 56.7 Å². The van der Waals surface area contributed by atoms with Crippen molar-refractivity contribution in [1.82, 2.24) is 4.72 Å². The third-order valence-corrected chi connectivity index (χ3v) is 17.2. The van der Waals surface area contributed by atoms with Crippen LogP contribution < -0.4 is 14.4 Å². The van der Waals surface area contributed by atoms with E-state index in [0.29, 0.717) is 31.9 Å². The second-order valence-corrected chi connectivity index (χ2v) is 20.0. The van der Waals surface area contributed by atoms with Gasteiger partial charge in [-0.3, -0.25) is 4.79 Å². The van der Waals surface area contributed by atoms with Gasteiger partial charge in [0, 0.05) is 42.8 Å². The smallest absolute Gasteiger partial charge is 0.264 e. The van der Waals surface area contributed by atoms with E-state index >= 15 is 0 Å². The molecule has 1 saturated carbocycles. The Kier molecular flexibility index (Phi) is 10.8. The molecule has 2 N–H and O–H groups in total. The molecule has 0 radical (unpaired) electrons. The van der Waals surface area contributed by atoms with E-state index in [1.807, 2.05) is 54.7 Å². The number of methoxy groups -OCH3 is 1. The molecule has 7 rings (SSSR count). The molecule has 3 heterocycles. The standard InChI is InChI=1S/C38H49ClN2O6S3/c1-25-6-3-16-38(43,36-48-18-5-19-49-36)31-11-8-28(31)22-41-23-37(15-4-7-26-20-29(39)10-12-30(26)37)24-47-33-13-9-27(21-32(33)41)35(42)40-50(44,45)34(25)14-17-46-2/h3,9-10,12-13,16,20-21,25,28,31,34,36,43H,4-8,11,14-15,17-19,22-24H2,1-2H3,(H,40,42)/b16-3-/t25-,28-,31+,34+,37-,38-/m0/s1. The number of aliphatic hydroxyl groups is 1. The minimum atomic E-state index is -4.07. The van der Waals surface area contributed by atoms with Crippen LogP contribution in [-0.4, -0.2) is 79.8 Å². The Labute approximate surface area is 310 Å². The van der Waals surface area contributed by atoms with Crippen LogP contribution in [0.5, 0.6) is 5.75 Å². The average molecular weight is 761 g/mol. The van der Waals surface area contributed by atoms with Crippen molar-refractivity contribution in [3.63, 3.8) is 0 Å². The first kappa shape index (κ1) is 36.5. The summed E-state index contributed by atoms with van der Waals surface area (Å²) in [4.78, 5) is 16.1. The summed E-state index contributed by atoms with van der Waals surface area (Å²) in [6, 6.07) is 11.5. The highest BCUT2D eigenvalue weighted by atomic mass is 35.5. The molecule has 2 aromatic carbocycles. The number of halogens is 1. The maximum atomic E-state index is 13.9. The second-order valence-electron chi connectivity index (χ2n) is 15.0. The number of carbonyl (C=O) groups excluding carboxylic acids is 1. The number of aryl methyl sites for hydroxylation is 1. The summed E-state index contributed by atoms with van der Waals surface area (Å²) in [5.41, 5.74) is 2.24. The molecule has 2 fully saturated rings. The lowest BCUT2D eigenvalue weighted by Crippen LogP contribution is -2.55. The number of carbonyl (C=O) groups is 1. The van der Waals surface area contributed by atoms with Crippen molar-refractivity contribution < 1.29 is 27.8 Å². The Morgan fingerprint density at radius 3 is 2.72 bits per heavy atom. The van der Waals surface area contributed by atoms with Gasteiger partial charge in [0.15, 0.2) is 0 Å². The van der Waals surface area contributed by atoms with Gasteiger partial charge in [-0.2, -0.15) is 0 Å². The van der Waals surface area contributed by atoms with Crippen molar-refractivity contribution in [3.8, 4) is 5.75 Å². The summed E-state index contributed by atoms with van der Waals surface area (Å²) in [5.74, 6) is 2.03. The van der Waals surface area contributed by atoms with Gasteiger partial charge in [-0.05, 0) is 122 Å². The Morgan fingerprint density at radius 2 is 1.96 bits per heavy atom. The number of allylic oxidation sites excluding steroid dienone is 1. The van der Waals surface area contributed by atoms with Gasteiger partial charge in [-0.25, -0.2) is 13.1 Å². The van der Waals surface area contributed by atoms with E-state index < -0.39 is 26.8 Å². The molecule has 272 valence electrons. The Morgan fingerprint density at radius 1 is 1.14 bits per heavy atom. The fourth-order valence-electron chi connectivity index (χ4n) is 8.93. The number of sulfonamides is 1. The normalized spacial score (nSPS) is 33.6. The lowest BCUT2D eigenvalue weighted by Gasteiger charge is -2.51. The summed E-state index contributed by atoms with van der Waals surface area (Å²) >= 11 is 10.2. The van der Waals surface area contributed by atoms with Gasteiger partial charge in [0.25, 0.3) is 5.91 Å². The quantitative estimate of drug-likeness (QED) is 0.325. The topological polar surface area (TPSA) is 105 Å². The molecule has 2 aromatic rings. The first-order valence-electron chi connectivity index (χ1n) is 18.0. The van der Waals surface area contributed by atoms with Crippen LogP contribution in [-0.2, 0) is 26.6 Å². The summed E-state index contributed by atoms with van der Waals surface area (Å²) in [7, 11) is -2.52. The third-order valence-electron chi connectivity index (χ3n) is 11.7.